The van der Waals surface area contributed by atoms with Gasteiger partial charge in [0, 0.05) is 39.5 Å². The fourth-order valence-electron chi connectivity index (χ4n) is 2.27. The highest BCUT2D eigenvalue weighted by Crippen LogP contribution is 2.11. The fraction of sp³-hybridized carbons (Fsp3) is 0.692. The monoisotopic (exact) mass is 283 g/mol. The molecule has 1 aromatic heterocycles. The van der Waals surface area contributed by atoms with Crippen molar-refractivity contribution in [2.45, 2.75) is 13.1 Å². The zero-order valence-electron chi connectivity index (χ0n) is 11.7. The van der Waals surface area contributed by atoms with Crippen molar-refractivity contribution in [3.05, 3.63) is 18.2 Å². The summed E-state index contributed by atoms with van der Waals surface area (Å²) in [5, 5.41) is 9.14. The quantitative estimate of drug-likeness (QED) is 0.795. The van der Waals surface area contributed by atoms with Crippen LogP contribution in [-0.2, 0) is 27.4 Å². The molecule has 112 valence electrons. The van der Waals surface area contributed by atoms with Gasteiger partial charge in [-0.15, -0.1) is 0 Å². The number of carboxylic acids is 1. The maximum atomic E-state index is 11.1. The van der Waals surface area contributed by atoms with Crippen molar-refractivity contribution in [2.75, 3.05) is 40.0 Å². The molecule has 1 N–H and O–H groups in total. The molecule has 7 nitrogen and oxygen atoms in total. The van der Waals surface area contributed by atoms with Gasteiger partial charge in [0.15, 0.2) is 0 Å². The van der Waals surface area contributed by atoms with Crippen molar-refractivity contribution in [2.24, 2.45) is 5.92 Å². The van der Waals surface area contributed by atoms with Gasteiger partial charge in [-0.05, 0) is 0 Å². The molecule has 0 bridgehead atoms. The normalized spacial score (nSPS) is 20.8. The van der Waals surface area contributed by atoms with Gasteiger partial charge in [0.2, 0.25) is 0 Å². The Bertz CT molecular complexity index is 435. The number of hydrogen-bond donors (Lipinski definition) is 1. The first-order valence-corrected chi connectivity index (χ1v) is 6.71. The molecular formula is C13H21N3O4. The lowest BCUT2D eigenvalue weighted by atomic mass is 10.1. The first-order chi connectivity index (χ1) is 9.70. The van der Waals surface area contributed by atoms with E-state index in [0.29, 0.717) is 26.3 Å². The first kappa shape index (κ1) is 15.0. The van der Waals surface area contributed by atoms with E-state index in [4.69, 9.17) is 14.6 Å². The summed E-state index contributed by atoms with van der Waals surface area (Å²) in [7, 11) is 1.67. The summed E-state index contributed by atoms with van der Waals surface area (Å²) >= 11 is 0. The molecule has 0 aromatic carbocycles. The van der Waals surface area contributed by atoms with E-state index in [2.05, 4.69) is 9.88 Å². The Morgan fingerprint density at radius 1 is 1.65 bits per heavy atom. The zero-order valence-corrected chi connectivity index (χ0v) is 11.7. The Kier molecular flexibility index (Phi) is 5.51. The number of hydrogen-bond acceptors (Lipinski definition) is 5. The number of rotatable bonds is 6. The Morgan fingerprint density at radius 2 is 2.50 bits per heavy atom. The zero-order chi connectivity index (χ0) is 14.4. The van der Waals surface area contributed by atoms with Crippen molar-refractivity contribution >= 4 is 5.97 Å². The molecule has 1 aliphatic heterocycles. The van der Waals surface area contributed by atoms with Crippen molar-refractivity contribution < 1.29 is 19.4 Å². The SMILES string of the molecule is COCCn1cncc1CN1CCOCC(C(=O)O)C1. The molecule has 1 fully saturated rings. The molecule has 0 saturated carbocycles. The van der Waals surface area contributed by atoms with E-state index in [9.17, 15) is 4.79 Å². The van der Waals surface area contributed by atoms with Gasteiger partial charge in [-0.1, -0.05) is 0 Å². The Morgan fingerprint density at radius 3 is 3.25 bits per heavy atom. The average Bonchev–Trinajstić information content (AvgIpc) is 2.71. The highest BCUT2D eigenvalue weighted by molar-refractivity contribution is 5.70. The van der Waals surface area contributed by atoms with Crippen LogP contribution in [0.5, 0.6) is 0 Å². The third-order valence-electron chi connectivity index (χ3n) is 3.42. The van der Waals surface area contributed by atoms with E-state index in [-0.39, 0.29) is 6.61 Å². The molecule has 1 atom stereocenters. The number of carboxylic acid groups (broad SMARTS) is 1. The van der Waals surface area contributed by atoms with Gasteiger partial charge >= 0.3 is 5.97 Å². The minimum absolute atomic E-state index is 0.286. The molecular weight excluding hydrogens is 262 g/mol. The minimum atomic E-state index is -0.801. The van der Waals surface area contributed by atoms with Crippen LogP contribution in [0, 0.1) is 5.92 Å². The van der Waals surface area contributed by atoms with Crippen LogP contribution in [0.2, 0.25) is 0 Å². The maximum absolute atomic E-state index is 11.1. The summed E-state index contributed by atoms with van der Waals surface area (Å²) in [4.78, 5) is 17.4. The molecule has 1 unspecified atom stereocenters. The molecule has 20 heavy (non-hydrogen) atoms. The number of methoxy groups -OCH3 is 1. The second-order valence-electron chi connectivity index (χ2n) is 4.92. The minimum Gasteiger partial charge on any atom is -0.481 e. The number of aliphatic carboxylic acids is 1. The Labute approximate surface area is 118 Å². The predicted octanol–water partition coefficient (Wildman–Crippen LogP) is 0.0625. The van der Waals surface area contributed by atoms with E-state index >= 15 is 0 Å². The van der Waals surface area contributed by atoms with E-state index in [0.717, 1.165) is 18.8 Å². The molecule has 0 spiro atoms. The number of ether oxygens (including phenoxy) is 2. The summed E-state index contributed by atoms with van der Waals surface area (Å²) in [5.41, 5.74) is 1.06. The van der Waals surface area contributed by atoms with Crippen LogP contribution in [-0.4, -0.2) is 65.5 Å². The van der Waals surface area contributed by atoms with Crippen LogP contribution in [0.1, 0.15) is 5.69 Å². The van der Waals surface area contributed by atoms with Crippen LogP contribution in [0.25, 0.3) is 0 Å². The molecule has 2 rings (SSSR count). The number of aromatic nitrogens is 2. The standard InChI is InChI=1S/C13H21N3O4/c1-19-4-3-16-10-14-6-12(16)8-15-2-5-20-9-11(7-15)13(17)18/h6,10-11H,2-5,7-9H2,1H3,(H,17,18). The van der Waals surface area contributed by atoms with E-state index in [1.54, 1.807) is 13.4 Å². The van der Waals surface area contributed by atoms with Crippen molar-refractivity contribution in [3.63, 3.8) is 0 Å². The summed E-state index contributed by atoms with van der Waals surface area (Å²) in [6.07, 6.45) is 3.59. The van der Waals surface area contributed by atoms with Gasteiger partial charge < -0.3 is 19.1 Å². The smallest absolute Gasteiger partial charge is 0.310 e. The summed E-state index contributed by atoms with van der Waals surface area (Å²) in [6.45, 7) is 4.15. The first-order valence-electron chi connectivity index (χ1n) is 6.71. The third kappa shape index (κ3) is 4.03. The number of imidazole rings is 1. The Balaban J connectivity index is 1.97. The van der Waals surface area contributed by atoms with Gasteiger partial charge in [0.1, 0.15) is 0 Å². The lowest BCUT2D eigenvalue weighted by Crippen LogP contribution is -2.33. The average molecular weight is 283 g/mol. The molecule has 1 aliphatic rings. The van der Waals surface area contributed by atoms with E-state index in [1.165, 1.54) is 0 Å². The highest BCUT2D eigenvalue weighted by atomic mass is 16.5. The highest BCUT2D eigenvalue weighted by Gasteiger charge is 2.24. The molecule has 0 aliphatic carbocycles. The summed E-state index contributed by atoms with van der Waals surface area (Å²) < 4.78 is 12.4. The number of nitrogens with zero attached hydrogens (tertiary/aromatic N) is 3. The second kappa shape index (κ2) is 7.37. The molecule has 0 amide bonds. The lowest BCUT2D eigenvalue weighted by Gasteiger charge is -2.21. The van der Waals surface area contributed by atoms with Crippen LogP contribution in [0.15, 0.2) is 12.5 Å². The molecule has 2 heterocycles. The van der Waals surface area contributed by atoms with Gasteiger partial charge in [-0.25, -0.2) is 4.98 Å². The molecule has 0 radical (unpaired) electrons. The summed E-state index contributed by atoms with van der Waals surface area (Å²) in [5.74, 6) is -1.27. The largest absolute Gasteiger partial charge is 0.481 e. The topological polar surface area (TPSA) is 76.8 Å². The molecule has 1 aromatic rings. The maximum Gasteiger partial charge on any atom is 0.310 e. The van der Waals surface area contributed by atoms with Gasteiger partial charge in [0.05, 0.1) is 37.8 Å². The van der Waals surface area contributed by atoms with E-state index < -0.39 is 11.9 Å². The molecule has 1 saturated heterocycles. The van der Waals surface area contributed by atoms with Crippen LogP contribution in [0.3, 0.4) is 0 Å². The third-order valence-corrected chi connectivity index (χ3v) is 3.42. The van der Waals surface area contributed by atoms with Crippen LogP contribution < -0.4 is 0 Å². The van der Waals surface area contributed by atoms with Crippen LogP contribution in [0.4, 0.5) is 0 Å². The Hall–Kier alpha value is -1.44. The van der Waals surface area contributed by atoms with Crippen molar-refractivity contribution in [3.8, 4) is 0 Å². The molecule has 7 heteroatoms. The fourth-order valence-corrected chi connectivity index (χ4v) is 2.27. The van der Waals surface area contributed by atoms with Crippen molar-refractivity contribution in [1.29, 1.82) is 0 Å². The van der Waals surface area contributed by atoms with Gasteiger partial charge in [-0.2, -0.15) is 0 Å². The number of carbonyl (C=O) groups is 1. The van der Waals surface area contributed by atoms with Crippen molar-refractivity contribution in [1.82, 2.24) is 14.5 Å². The predicted molar refractivity (Wildman–Crippen MR) is 71.3 cm³/mol. The van der Waals surface area contributed by atoms with E-state index in [1.807, 2.05) is 10.8 Å². The van der Waals surface area contributed by atoms with Gasteiger partial charge in [0.25, 0.3) is 0 Å². The van der Waals surface area contributed by atoms with Gasteiger partial charge in [-0.3, -0.25) is 9.69 Å². The van der Waals surface area contributed by atoms with Crippen LogP contribution >= 0.6 is 0 Å². The lowest BCUT2D eigenvalue weighted by molar-refractivity contribution is -0.143. The second-order valence-corrected chi connectivity index (χ2v) is 4.92. The summed E-state index contributed by atoms with van der Waals surface area (Å²) in [6, 6.07) is 0.